The van der Waals surface area contributed by atoms with Crippen molar-refractivity contribution in [3.8, 4) is 0 Å². The van der Waals surface area contributed by atoms with Crippen molar-refractivity contribution in [2.45, 2.75) is 6.18 Å². The summed E-state index contributed by atoms with van der Waals surface area (Å²) in [6.07, 6.45) is -3.22. The number of anilines is 1. The number of hydrogen-bond acceptors (Lipinski definition) is 4. The molecule has 1 fully saturated rings. The third kappa shape index (κ3) is 4.85. The van der Waals surface area contributed by atoms with E-state index in [0.29, 0.717) is 26.2 Å². The molecule has 150 valence electrons. The Morgan fingerprint density at radius 2 is 1.86 bits per heavy atom. The predicted molar refractivity (Wildman–Crippen MR) is 96.1 cm³/mol. The summed E-state index contributed by atoms with van der Waals surface area (Å²) < 4.78 is 44.4. The summed E-state index contributed by atoms with van der Waals surface area (Å²) in [4.78, 5) is 27.8. The van der Waals surface area contributed by atoms with Gasteiger partial charge in [0.25, 0.3) is 5.91 Å². The van der Waals surface area contributed by atoms with Crippen LogP contribution in [0.5, 0.6) is 0 Å². The number of nitrogens with one attached hydrogen (secondary N) is 1. The lowest BCUT2D eigenvalue weighted by Crippen LogP contribution is -2.50. The molecule has 1 saturated heterocycles. The minimum absolute atomic E-state index is 0.0670. The molecule has 0 unspecified atom stereocenters. The number of piperazine rings is 1. The van der Waals surface area contributed by atoms with Gasteiger partial charge in [-0.05, 0) is 30.3 Å². The highest BCUT2D eigenvalue weighted by Crippen LogP contribution is 2.36. The Bertz CT molecular complexity index is 848. The van der Waals surface area contributed by atoms with Crippen LogP contribution in [-0.2, 0) is 11.0 Å². The first-order chi connectivity index (χ1) is 13.2. The second-order valence-electron chi connectivity index (χ2n) is 6.28. The van der Waals surface area contributed by atoms with Crippen LogP contribution in [0.15, 0.2) is 41.0 Å². The fourth-order valence-corrected chi connectivity index (χ4v) is 3.09. The smallest absolute Gasteiger partial charge is 0.418 e. The molecule has 2 amide bonds. The summed E-state index contributed by atoms with van der Waals surface area (Å²) >= 11 is 5.63. The first-order valence-electron chi connectivity index (χ1n) is 8.46. The standard InChI is InChI=1S/C18H17ClF3N3O3/c19-12-3-4-14(13(10-12)18(20,21)22)23-16(26)11-24-5-7-25(8-6-24)17(27)15-2-1-9-28-15/h1-4,9-10H,5-8,11H2,(H,23,26). The maximum absolute atomic E-state index is 13.1. The Morgan fingerprint density at radius 3 is 2.46 bits per heavy atom. The van der Waals surface area contributed by atoms with E-state index in [9.17, 15) is 22.8 Å². The van der Waals surface area contributed by atoms with Gasteiger partial charge in [0.05, 0.1) is 24.1 Å². The summed E-state index contributed by atoms with van der Waals surface area (Å²) in [6.45, 7) is 1.55. The number of hydrogen-bond donors (Lipinski definition) is 1. The quantitative estimate of drug-likeness (QED) is 0.831. The molecule has 0 bridgehead atoms. The van der Waals surface area contributed by atoms with E-state index in [-0.39, 0.29) is 28.9 Å². The molecule has 1 aromatic carbocycles. The van der Waals surface area contributed by atoms with Gasteiger partial charge in [-0.3, -0.25) is 14.5 Å². The Hall–Kier alpha value is -2.52. The lowest BCUT2D eigenvalue weighted by molar-refractivity contribution is -0.137. The van der Waals surface area contributed by atoms with Gasteiger partial charge in [-0.1, -0.05) is 11.6 Å². The second kappa shape index (κ2) is 8.24. The van der Waals surface area contributed by atoms with Crippen LogP contribution in [0.4, 0.5) is 18.9 Å². The van der Waals surface area contributed by atoms with Gasteiger partial charge in [0.2, 0.25) is 5.91 Å². The molecule has 1 N–H and O–H groups in total. The van der Waals surface area contributed by atoms with E-state index in [4.69, 9.17) is 16.0 Å². The van der Waals surface area contributed by atoms with E-state index in [2.05, 4.69) is 5.32 Å². The van der Waals surface area contributed by atoms with Crippen LogP contribution in [0.25, 0.3) is 0 Å². The van der Waals surface area contributed by atoms with E-state index in [0.717, 1.165) is 12.1 Å². The van der Waals surface area contributed by atoms with Crippen molar-refractivity contribution >= 4 is 29.1 Å². The molecule has 0 radical (unpaired) electrons. The van der Waals surface area contributed by atoms with Gasteiger partial charge in [0.15, 0.2) is 5.76 Å². The SMILES string of the molecule is O=C(CN1CCN(C(=O)c2ccco2)CC1)Nc1ccc(Cl)cc1C(F)(F)F. The van der Waals surface area contributed by atoms with Gasteiger partial charge in [0, 0.05) is 31.2 Å². The number of benzene rings is 1. The van der Waals surface area contributed by atoms with E-state index in [1.165, 1.54) is 12.3 Å². The van der Waals surface area contributed by atoms with Crippen molar-refractivity contribution in [3.63, 3.8) is 0 Å². The highest BCUT2D eigenvalue weighted by Gasteiger charge is 2.34. The summed E-state index contributed by atoms with van der Waals surface area (Å²) in [5.74, 6) is -0.558. The van der Waals surface area contributed by atoms with Crippen LogP contribution in [0.3, 0.4) is 0 Å². The van der Waals surface area contributed by atoms with Crippen molar-refractivity contribution in [2.75, 3.05) is 38.0 Å². The number of amides is 2. The zero-order valence-corrected chi connectivity index (χ0v) is 15.4. The van der Waals surface area contributed by atoms with Crippen LogP contribution in [0.1, 0.15) is 16.1 Å². The first kappa shape index (κ1) is 20.2. The second-order valence-corrected chi connectivity index (χ2v) is 6.72. The van der Waals surface area contributed by atoms with Gasteiger partial charge in [0.1, 0.15) is 0 Å². The van der Waals surface area contributed by atoms with Crippen LogP contribution in [0, 0.1) is 0 Å². The van der Waals surface area contributed by atoms with Gasteiger partial charge < -0.3 is 14.6 Å². The largest absolute Gasteiger partial charge is 0.459 e. The van der Waals surface area contributed by atoms with Crippen molar-refractivity contribution in [2.24, 2.45) is 0 Å². The monoisotopic (exact) mass is 415 g/mol. The number of carbonyl (C=O) groups is 2. The molecule has 6 nitrogen and oxygen atoms in total. The van der Waals surface area contributed by atoms with Crippen LogP contribution >= 0.6 is 11.6 Å². The number of carbonyl (C=O) groups excluding carboxylic acids is 2. The number of furan rings is 1. The van der Waals surface area contributed by atoms with E-state index in [1.807, 2.05) is 0 Å². The van der Waals surface area contributed by atoms with Gasteiger partial charge in [-0.25, -0.2) is 0 Å². The molecule has 1 aliphatic heterocycles. The molecule has 10 heteroatoms. The minimum Gasteiger partial charge on any atom is -0.459 e. The van der Waals surface area contributed by atoms with E-state index in [1.54, 1.807) is 21.9 Å². The molecule has 1 aromatic heterocycles. The average molecular weight is 416 g/mol. The molecule has 0 aliphatic carbocycles. The summed E-state index contributed by atoms with van der Waals surface area (Å²) in [5.41, 5.74) is -1.34. The third-order valence-electron chi connectivity index (χ3n) is 4.32. The maximum atomic E-state index is 13.1. The van der Waals surface area contributed by atoms with Gasteiger partial charge >= 0.3 is 6.18 Å². The number of alkyl halides is 3. The van der Waals surface area contributed by atoms with Gasteiger partial charge in [-0.15, -0.1) is 0 Å². The highest BCUT2D eigenvalue weighted by atomic mass is 35.5. The fourth-order valence-electron chi connectivity index (χ4n) is 2.92. The lowest BCUT2D eigenvalue weighted by Gasteiger charge is -2.33. The lowest BCUT2D eigenvalue weighted by atomic mass is 10.1. The van der Waals surface area contributed by atoms with Crippen molar-refractivity contribution in [3.05, 3.63) is 52.9 Å². The molecule has 2 aromatic rings. The Morgan fingerprint density at radius 1 is 1.14 bits per heavy atom. The molecule has 3 rings (SSSR count). The first-order valence-corrected chi connectivity index (χ1v) is 8.83. The molecule has 1 aliphatic rings. The fraction of sp³-hybridized carbons (Fsp3) is 0.333. The zero-order valence-electron chi connectivity index (χ0n) is 14.6. The third-order valence-corrected chi connectivity index (χ3v) is 4.55. The number of nitrogens with zero attached hydrogens (tertiary/aromatic N) is 2. The molecule has 0 spiro atoms. The maximum Gasteiger partial charge on any atom is 0.418 e. The summed E-state index contributed by atoms with van der Waals surface area (Å²) in [5, 5.41) is 2.23. The van der Waals surface area contributed by atoms with E-state index < -0.39 is 17.6 Å². The number of halogens is 4. The summed E-state index contributed by atoms with van der Waals surface area (Å²) in [6, 6.07) is 6.39. The average Bonchev–Trinajstić information content (AvgIpc) is 3.17. The molecule has 28 heavy (non-hydrogen) atoms. The number of rotatable bonds is 4. The molecular weight excluding hydrogens is 399 g/mol. The van der Waals surface area contributed by atoms with Gasteiger partial charge in [-0.2, -0.15) is 13.2 Å². The zero-order chi connectivity index (χ0) is 20.3. The molecule has 0 atom stereocenters. The Balaban J connectivity index is 1.55. The normalized spacial score (nSPS) is 15.5. The molecule has 0 saturated carbocycles. The van der Waals surface area contributed by atoms with Crippen LogP contribution in [0.2, 0.25) is 5.02 Å². The van der Waals surface area contributed by atoms with Crippen LogP contribution < -0.4 is 5.32 Å². The molecule has 2 heterocycles. The van der Waals surface area contributed by atoms with Crippen molar-refractivity contribution in [1.29, 1.82) is 0 Å². The van der Waals surface area contributed by atoms with Crippen LogP contribution in [-0.4, -0.2) is 54.3 Å². The Labute approximate surface area is 163 Å². The molecular formula is C18H17ClF3N3O3. The highest BCUT2D eigenvalue weighted by molar-refractivity contribution is 6.30. The topological polar surface area (TPSA) is 65.8 Å². The minimum atomic E-state index is -4.63. The van der Waals surface area contributed by atoms with Crippen molar-refractivity contribution < 1.29 is 27.2 Å². The van der Waals surface area contributed by atoms with Crippen molar-refractivity contribution in [1.82, 2.24) is 9.80 Å². The van der Waals surface area contributed by atoms with E-state index >= 15 is 0 Å². The summed E-state index contributed by atoms with van der Waals surface area (Å²) in [7, 11) is 0. The predicted octanol–water partition coefficient (Wildman–Crippen LogP) is 3.35. The Kier molecular flexibility index (Phi) is 5.95.